The zero-order valence-corrected chi connectivity index (χ0v) is 19.3. The lowest BCUT2D eigenvalue weighted by Crippen LogP contribution is -2.33. The van der Waals surface area contributed by atoms with Crippen LogP contribution >= 0.6 is 0 Å². The van der Waals surface area contributed by atoms with Crippen molar-refractivity contribution < 1.29 is 9.59 Å². The van der Waals surface area contributed by atoms with E-state index in [4.69, 9.17) is 9.97 Å². The van der Waals surface area contributed by atoms with Gasteiger partial charge in [0.2, 0.25) is 5.91 Å². The summed E-state index contributed by atoms with van der Waals surface area (Å²) in [4.78, 5) is 43.6. The van der Waals surface area contributed by atoms with Crippen LogP contribution in [0.5, 0.6) is 0 Å². The summed E-state index contributed by atoms with van der Waals surface area (Å²) in [7, 11) is 5.61. The van der Waals surface area contributed by atoms with E-state index in [9.17, 15) is 9.59 Å². The predicted molar refractivity (Wildman–Crippen MR) is 125 cm³/mol. The fourth-order valence-corrected chi connectivity index (χ4v) is 4.23. The van der Waals surface area contributed by atoms with Crippen molar-refractivity contribution in [3.05, 3.63) is 53.1 Å². The molecule has 0 saturated carbocycles. The number of nitrogens with one attached hydrogen (secondary N) is 1. The van der Waals surface area contributed by atoms with Gasteiger partial charge in [-0.2, -0.15) is 0 Å². The molecule has 8 heteroatoms. The average Bonchev–Trinajstić information content (AvgIpc) is 3.38. The summed E-state index contributed by atoms with van der Waals surface area (Å²) in [6.45, 7) is 4.58. The van der Waals surface area contributed by atoms with Gasteiger partial charge in [-0.15, -0.1) is 0 Å². The van der Waals surface area contributed by atoms with Crippen LogP contribution in [-0.4, -0.2) is 64.3 Å². The SMILES string of the molecule is CC(=O)N(C)Cc1cc(N(C)C)nc(C2CCCN2C(=O)c2[nH]c3ccccc3c2C)n1. The number of fused-ring (bicyclic) bond motifs is 1. The van der Waals surface area contributed by atoms with E-state index in [-0.39, 0.29) is 17.9 Å². The highest BCUT2D eigenvalue weighted by Crippen LogP contribution is 2.33. The Morgan fingerprint density at radius 3 is 2.62 bits per heavy atom. The van der Waals surface area contributed by atoms with Crippen LogP contribution in [0.3, 0.4) is 0 Å². The molecular weight excluding hydrogens is 404 g/mol. The van der Waals surface area contributed by atoms with Gasteiger partial charge in [0.1, 0.15) is 11.5 Å². The molecule has 1 saturated heterocycles. The number of hydrogen-bond acceptors (Lipinski definition) is 5. The normalized spacial score (nSPS) is 15.9. The highest BCUT2D eigenvalue weighted by atomic mass is 16.2. The molecule has 1 atom stereocenters. The molecule has 3 heterocycles. The first kappa shape index (κ1) is 21.8. The molecule has 0 radical (unpaired) electrons. The Labute approximate surface area is 188 Å². The summed E-state index contributed by atoms with van der Waals surface area (Å²) in [6, 6.07) is 9.66. The number of aromatic nitrogens is 3. The Kier molecular flexibility index (Phi) is 5.86. The van der Waals surface area contributed by atoms with Crippen molar-refractivity contribution in [1.82, 2.24) is 24.8 Å². The van der Waals surface area contributed by atoms with Crippen molar-refractivity contribution >= 4 is 28.5 Å². The minimum Gasteiger partial charge on any atom is -0.363 e. The number of amides is 2. The van der Waals surface area contributed by atoms with E-state index < -0.39 is 0 Å². The molecule has 1 fully saturated rings. The number of carbonyl (C=O) groups is 2. The van der Waals surface area contributed by atoms with Crippen LogP contribution in [0.4, 0.5) is 5.82 Å². The van der Waals surface area contributed by atoms with E-state index in [2.05, 4.69) is 4.98 Å². The first-order valence-electron chi connectivity index (χ1n) is 10.9. The second kappa shape index (κ2) is 8.61. The van der Waals surface area contributed by atoms with Gasteiger partial charge in [0.05, 0.1) is 18.3 Å². The van der Waals surface area contributed by atoms with Gasteiger partial charge < -0.3 is 19.7 Å². The van der Waals surface area contributed by atoms with Crippen LogP contribution in [-0.2, 0) is 11.3 Å². The van der Waals surface area contributed by atoms with Crippen LogP contribution in [0.15, 0.2) is 30.3 Å². The third kappa shape index (κ3) is 4.04. The van der Waals surface area contributed by atoms with Gasteiger partial charge in [-0.05, 0) is 31.4 Å². The molecule has 8 nitrogen and oxygen atoms in total. The molecule has 0 bridgehead atoms. The van der Waals surface area contributed by atoms with E-state index in [1.54, 1.807) is 11.9 Å². The maximum absolute atomic E-state index is 13.6. The molecule has 2 aromatic heterocycles. The summed E-state index contributed by atoms with van der Waals surface area (Å²) in [5.74, 6) is 1.34. The standard InChI is InChI=1S/C24H30N6O2/c1-15-18-9-6-7-10-19(18)26-22(15)24(32)30-12-8-11-20(30)23-25-17(14-29(5)16(2)31)13-21(27-23)28(3)4/h6-7,9-10,13,20,26H,8,11-12,14H2,1-5H3. The molecule has 2 amide bonds. The lowest BCUT2D eigenvalue weighted by atomic mass is 10.1. The molecule has 0 aliphatic carbocycles. The van der Waals surface area contributed by atoms with Crippen molar-refractivity contribution in [1.29, 1.82) is 0 Å². The summed E-state index contributed by atoms with van der Waals surface area (Å²) >= 11 is 0. The van der Waals surface area contributed by atoms with Gasteiger partial charge in [0.15, 0.2) is 5.82 Å². The third-order valence-electron chi connectivity index (χ3n) is 6.17. The largest absolute Gasteiger partial charge is 0.363 e. The quantitative estimate of drug-likeness (QED) is 0.666. The Morgan fingerprint density at radius 2 is 1.94 bits per heavy atom. The Morgan fingerprint density at radius 1 is 1.19 bits per heavy atom. The van der Waals surface area contributed by atoms with Crippen molar-refractivity contribution in [2.24, 2.45) is 0 Å². The molecule has 1 aliphatic heterocycles. The molecule has 1 aromatic carbocycles. The van der Waals surface area contributed by atoms with Crippen molar-refractivity contribution in [3.8, 4) is 0 Å². The smallest absolute Gasteiger partial charge is 0.271 e. The number of nitrogens with zero attached hydrogens (tertiary/aromatic N) is 5. The second-order valence-electron chi connectivity index (χ2n) is 8.67. The lowest BCUT2D eigenvalue weighted by Gasteiger charge is -2.25. The summed E-state index contributed by atoms with van der Waals surface area (Å²) < 4.78 is 0. The molecule has 1 aliphatic rings. The van der Waals surface area contributed by atoms with Gasteiger partial charge in [-0.1, -0.05) is 18.2 Å². The molecule has 1 unspecified atom stereocenters. The van der Waals surface area contributed by atoms with Gasteiger partial charge in [-0.25, -0.2) is 9.97 Å². The number of rotatable bonds is 5. The Hall–Kier alpha value is -3.42. The molecule has 1 N–H and O–H groups in total. The molecular formula is C24H30N6O2. The molecule has 32 heavy (non-hydrogen) atoms. The zero-order chi connectivity index (χ0) is 23.0. The highest BCUT2D eigenvalue weighted by Gasteiger charge is 2.34. The fourth-order valence-electron chi connectivity index (χ4n) is 4.23. The number of aryl methyl sites for hydroxylation is 1. The van der Waals surface area contributed by atoms with Crippen LogP contribution < -0.4 is 4.90 Å². The molecule has 4 rings (SSSR count). The van der Waals surface area contributed by atoms with E-state index >= 15 is 0 Å². The number of carbonyl (C=O) groups excluding carboxylic acids is 2. The number of aromatic amines is 1. The maximum atomic E-state index is 13.6. The topological polar surface area (TPSA) is 85.4 Å². The second-order valence-corrected chi connectivity index (χ2v) is 8.67. The first-order valence-corrected chi connectivity index (χ1v) is 10.9. The van der Waals surface area contributed by atoms with E-state index in [0.717, 1.165) is 40.8 Å². The van der Waals surface area contributed by atoms with E-state index in [1.165, 1.54) is 6.92 Å². The number of benzene rings is 1. The predicted octanol–water partition coefficient (Wildman–Crippen LogP) is 3.29. The van der Waals surface area contributed by atoms with E-state index in [1.807, 2.05) is 61.2 Å². The Bertz CT molecular complexity index is 1170. The lowest BCUT2D eigenvalue weighted by molar-refractivity contribution is -0.128. The fraction of sp³-hybridized carbons (Fsp3) is 0.417. The number of anilines is 1. The molecule has 168 valence electrons. The Balaban J connectivity index is 1.69. The van der Waals surface area contributed by atoms with Crippen LogP contribution in [0, 0.1) is 6.92 Å². The first-order chi connectivity index (χ1) is 15.3. The minimum absolute atomic E-state index is 0.0245. The monoisotopic (exact) mass is 434 g/mol. The van der Waals surface area contributed by atoms with E-state index in [0.29, 0.717) is 24.6 Å². The summed E-state index contributed by atoms with van der Waals surface area (Å²) in [5, 5.41) is 1.06. The van der Waals surface area contributed by atoms with Crippen molar-refractivity contribution in [2.45, 2.75) is 39.3 Å². The van der Waals surface area contributed by atoms with Gasteiger partial charge in [-0.3, -0.25) is 9.59 Å². The number of likely N-dealkylation sites (tertiary alicyclic amines) is 1. The van der Waals surface area contributed by atoms with Gasteiger partial charge >= 0.3 is 0 Å². The summed E-state index contributed by atoms with van der Waals surface area (Å²) in [5.41, 5.74) is 3.31. The van der Waals surface area contributed by atoms with Gasteiger partial charge in [0.25, 0.3) is 5.91 Å². The van der Waals surface area contributed by atoms with Crippen LogP contribution in [0.25, 0.3) is 10.9 Å². The molecule has 3 aromatic rings. The maximum Gasteiger partial charge on any atom is 0.271 e. The third-order valence-corrected chi connectivity index (χ3v) is 6.17. The van der Waals surface area contributed by atoms with Gasteiger partial charge in [0, 0.05) is 51.6 Å². The van der Waals surface area contributed by atoms with Crippen LogP contribution in [0.1, 0.15) is 53.4 Å². The van der Waals surface area contributed by atoms with Crippen molar-refractivity contribution in [3.63, 3.8) is 0 Å². The highest BCUT2D eigenvalue weighted by molar-refractivity contribution is 6.01. The molecule has 0 spiro atoms. The minimum atomic E-state index is -0.199. The average molecular weight is 435 g/mol. The number of H-pyrrole nitrogens is 1. The number of para-hydroxylation sites is 1. The van der Waals surface area contributed by atoms with Crippen LogP contribution in [0.2, 0.25) is 0 Å². The summed E-state index contributed by atoms with van der Waals surface area (Å²) in [6.07, 6.45) is 1.71. The zero-order valence-electron chi connectivity index (χ0n) is 19.3. The number of hydrogen-bond donors (Lipinski definition) is 1. The van der Waals surface area contributed by atoms with Crippen molar-refractivity contribution in [2.75, 3.05) is 32.6 Å².